The topological polar surface area (TPSA) is 81.1 Å². The average Bonchev–Trinajstić information content (AvgIpc) is 2.45. The summed E-state index contributed by atoms with van der Waals surface area (Å²) >= 11 is 0. The van der Waals surface area contributed by atoms with E-state index in [1.807, 2.05) is 6.92 Å². The van der Waals surface area contributed by atoms with Crippen LogP contribution in [0, 0.1) is 5.41 Å². The molecular formula is C14H26N2O4. The second kappa shape index (κ2) is 5.99. The number of nitrogens with zero attached hydrogens (tertiary/aromatic N) is 2. The van der Waals surface area contributed by atoms with Gasteiger partial charge in [0.2, 0.25) is 0 Å². The van der Waals surface area contributed by atoms with Crippen molar-refractivity contribution in [2.45, 2.75) is 45.6 Å². The molecule has 0 unspecified atom stereocenters. The van der Waals surface area contributed by atoms with Crippen LogP contribution in [-0.4, -0.2) is 64.3 Å². The van der Waals surface area contributed by atoms with Crippen molar-refractivity contribution in [3.63, 3.8) is 0 Å². The largest absolute Gasteiger partial charge is 0.481 e. The Kier molecular flexibility index (Phi) is 5.02. The van der Waals surface area contributed by atoms with E-state index in [1.54, 1.807) is 25.8 Å². The van der Waals surface area contributed by atoms with Crippen molar-refractivity contribution in [3.8, 4) is 0 Å². The Labute approximate surface area is 120 Å². The lowest BCUT2D eigenvalue weighted by Crippen LogP contribution is -2.55. The van der Waals surface area contributed by atoms with E-state index >= 15 is 0 Å². The first-order valence-electron chi connectivity index (χ1n) is 7.07. The van der Waals surface area contributed by atoms with E-state index < -0.39 is 16.9 Å². The zero-order chi connectivity index (χ0) is 15.6. The lowest BCUT2D eigenvalue weighted by molar-refractivity contribution is -0.152. The van der Waals surface area contributed by atoms with Crippen LogP contribution in [0.25, 0.3) is 0 Å². The number of piperidine rings is 1. The first-order valence-corrected chi connectivity index (χ1v) is 7.07. The van der Waals surface area contributed by atoms with Crippen molar-refractivity contribution in [1.82, 2.24) is 9.80 Å². The van der Waals surface area contributed by atoms with Gasteiger partial charge in [-0.25, -0.2) is 4.79 Å². The van der Waals surface area contributed by atoms with Crippen molar-refractivity contribution in [2.24, 2.45) is 5.41 Å². The smallest absolute Gasteiger partial charge is 0.320 e. The number of aliphatic hydroxyl groups excluding tert-OH is 1. The number of amides is 2. The highest BCUT2D eigenvalue weighted by Crippen LogP contribution is 2.35. The Balaban J connectivity index is 2.70. The number of likely N-dealkylation sites (N-methyl/N-ethyl adjacent to an activating group) is 1. The molecule has 1 saturated heterocycles. The maximum absolute atomic E-state index is 12.4. The van der Waals surface area contributed by atoms with E-state index in [4.69, 9.17) is 0 Å². The Morgan fingerprint density at radius 1 is 1.30 bits per heavy atom. The molecule has 0 atom stereocenters. The number of hydrogen-bond acceptors (Lipinski definition) is 3. The fourth-order valence-corrected chi connectivity index (χ4v) is 2.42. The first-order chi connectivity index (χ1) is 9.20. The van der Waals surface area contributed by atoms with Crippen LogP contribution in [0.4, 0.5) is 4.79 Å². The highest BCUT2D eigenvalue weighted by molar-refractivity contribution is 5.77. The molecule has 6 nitrogen and oxygen atoms in total. The van der Waals surface area contributed by atoms with Gasteiger partial charge in [0.05, 0.1) is 17.6 Å². The van der Waals surface area contributed by atoms with Gasteiger partial charge in [-0.2, -0.15) is 0 Å². The minimum Gasteiger partial charge on any atom is -0.481 e. The predicted octanol–water partition coefficient (Wildman–Crippen LogP) is 1.39. The van der Waals surface area contributed by atoms with Gasteiger partial charge in [0.15, 0.2) is 0 Å². The van der Waals surface area contributed by atoms with E-state index in [-0.39, 0.29) is 12.6 Å². The second-order valence-electron chi connectivity index (χ2n) is 6.24. The molecule has 1 fully saturated rings. The molecule has 116 valence electrons. The summed E-state index contributed by atoms with van der Waals surface area (Å²) in [6.07, 6.45) is 1.55. The number of aliphatic hydroxyl groups is 1. The number of hydrogen-bond donors (Lipinski definition) is 2. The summed E-state index contributed by atoms with van der Waals surface area (Å²) in [6.45, 7) is 6.25. The first kappa shape index (κ1) is 16.8. The molecule has 0 radical (unpaired) electrons. The summed E-state index contributed by atoms with van der Waals surface area (Å²) in [5, 5.41) is 18.7. The van der Waals surface area contributed by atoms with Crippen LogP contribution in [0.5, 0.6) is 0 Å². The number of aliphatic carboxylic acids is 1. The van der Waals surface area contributed by atoms with Gasteiger partial charge in [-0.1, -0.05) is 6.92 Å². The van der Waals surface area contributed by atoms with Crippen molar-refractivity contribution in [2.75, 3.05) is 26.7 Å². The van der Waals surface area contributed by atoms with Crippen LogP contribution < -0.4 is 0 Å². The van der Waals surface area contributed by atoms with E-state index in [9.17, 15) is 19.8 Å². The van der Waals surface area contributed by atoms with Crippen LogP contribution in [0.1, 0.15) is 40.0 Å². The standard InChI is InChI=1S/C14H26N2O4/c1-5-14(11(18)19)6-8-16(9-7-14)12(20)15(4)13(2,3)10-17/h17H,5-10H2,1-4H3,(H,18,19). The fourth-order valence-electron chi connectivity index (χ4n) is 2.42. The summed E-state index contributed by atoms with van der Waals surface area (Å²) < 4.78 is 0. The summed E-state index contributed by atoms with van der Waals surface area (Å²) in [7, 11) is 1.66. The Morgan fingerprint density at radius 2 is 1.80 bits per heavy atom. The number of carboxylic acid groups (broad SMARTS) is 1. The summed E-state index contributed by atoms with van der Waals surface area (Å²) in [5.41, 5.74) is -1.31. The highest BCUT2D eigenvalue weighted by atomic mass is 16.4. The molecule has 0 aliphatic carbocycles. The number of carbonyl (C=O) groups excluding carboxylic acids is 1. The third-order valence-corrected chi connectivity index (χ3v) is 4.70. The lowest BCUT2D eigenvalue weighted by Gasteiger charge is -2.42. The number of carboxylic acids is 1. The van der Waals surface area contributed by atoms with E-state index in [0.717, 1.165) is 0 Å². The van der Waals surface area contributed by atoms with Gasteiger partial charge >= 0.3 is 12.0 Å². The number of rotatable bonds is 4. The Hall–Kier alpha value is -1.30. The third kappa shape index (κ3) is 3.06. The Morgan fingerprint density at radius 3 is 2.15 bits per heavy atom. The second-order valence-corrected chi connectivity index (χ2v) is 6.24. The number of carbonyl (C=O) groups is 2. The van der Waals surface area contributed by atoms with Gasteiger partial charge in [0.1, 0.15) is 0 Å². The number of urea groups is 1. The molecule has 1 heterocycles. The quantitative estimate of drug-likeness (QED) is 0.818. The fraction of sp³-hybridized carbons (Fsp3) is 0.857. The van der Waals surface area contributed by atoms with Gasteiger partial charge in [-0.15, -0.1) is 0 Å². The van der Waals surface area contributed by atoms with Crippen LogP contribution in [-0.2, 0) is 4.79 Å². The van der Waals surface area contributed by atoms with Gasteiger partial charge in [-0.3, -0.25) is 4.79 Å². The molecule has 0 saturated carbocycles. The summed E-state index contributed by atoms with van der Waals surface area (Å²) in [6, 6.07) is -0.154. The highest BCUT2D eigenvalue weighted by Gasteiger charge is 2.42. The van der Waals surface area contributed by atoms with Crippen molar-refractivity contribution < 1.29 is 19.8 Å². The zero-order valence-electron chi connectivity index (χ0n) is 12.8. The Bertz CT molecular complexity index is 373. The van der Waals surface area contributed by atoms with E-state index in [2.05, 4.69) is 0 Å². The molecule has 0 aromatic rings. The molecule has 1 aliphatic rings. The molecule has 0 spiro atoms. The molecular weight excluding hydrogens is 260 g/mol. The van der Waals surface area contributed by atoms with Crippen LogP contribution in [0.3, 0.4) is 0 Å². The molecule has 1 rings (SSSR count). The van der Waals surface area contributed by atoms with E-state index in [1.165, 1.54) is 4.90 Å². The molecule has 2 N–H and O–H groups in total. The molecule has 6 heteroatoms. The van der Waals surface area contributed by atoms with E-state index in [0.29, 0.717) is 32.4 Å². The monoisotopic (exact) mass is 286 g/mol. The predicted molar refractivity (Wildman–Crippen MR) is 75.5 cm³/mol. The molecule has 2 amide bonds. The molecule has 0 aromatic carbocycles. The van der Waals surface area contributed by atoms with Crippen molar-refractivity contribution >= 4 is 12.0 Å². The van der Waals surface area contributed by atoms with Crippen molar-refractivity contribution in [3.05, 3.63) is 0 Å². The van der Waals surface area contributed by atoms with Gasteiger partial charge in [0, 0.05) is 20.1 Å². The number of likely N-dealkylation sites (tertiary alicyclic amines) is 1. The van der Waals surface area contributed by atoms with Crippen LogP contribution in [0.15, 0.2) is 0 Å². The SMILES string of the molecule is CCC1(C(=O)O)CCN(C(=O)N(C)C(C)(C)CO)CC1. The van der Waals surface area contributed by atoms with Crippen LogP contribution >= 0.6 is 0 Å². The summed E-state index contributed by atoms with van der Waals surface area (Å²) in [5.74, 6) is -0.767. The van der Waals surface area contributed by atoms with Crippen LogP contribution in [0.2, 0.25) is 0 Å². The zero-order valence-corrected chi connectivity index (χ0v) is 12.8. The summed E-state index contributed by atoms with van der Waals surface area (Å²) in [4.78, 5) is 26.9. The van der Waals surface area contributed by atoms with Gasteiger partial charge in [0.25, 0.3) is 0 Å². The normalized spacial score (nSPS) is 18.8. The molecule has 20 heavy (non-hydrogen) atoms. The molecule has 1 aliphatic heterocycles. The van der Waals surface area contributed by atoms with Crippen molar-refractivity contribution in [1.29, 1.82) is 0 Å². The lowest BCUT2D eigenvalue weighted by atomic mass is 9.76. The third-order valence-electron chi connectivity index (χ3n) is 4.70. The maximum Gasteiger partial charge on any atom is 0.320 e. The average molecular weight is 286 g/mol. The molecule has 0 aromatic heterocycles. The minimum atomic E-state index is -0.767. The van der Waals surface area contributed by atoms with Gasteiger partial charge in [-0.05, 0) is 33.1 Å². The molecule has 0 bridgehead atoms. The maximum atomic E-state index is 12.4. The van der Waals surface area contributed by atoms with Gasteiger partial charge < -0.3 is 20.0 Å². The minimum absolute atomic E-state index is 0.114.